The lowest BCUT2D eigenvalue weighted by Crippen LogP contribution is -2.08. The molecule has 1 aromatic rings. The average molecular weight is 212 g/mol. The van der Waals surface area contributed by atoms with Crippen LogP contribution in [0.3, 0.4) is 0 Å². The van der Waals surface area contributed by atoms with Gasteiger partial charge in [-0.2, -0.15) is 0 Å². The molecule has 1 unspecified atom stereocenters. The highest BCUT2D eigenvalue weighted by Gasteiger charge is 2.24. The van der Waals surface area contributed by atoms with Gasteiger partial charge < -0.3 is 5.11 Å². The number of aromatic nitrogens is 1. The maximum atomic E-state index is 10.1. The van der Waals surface area contributed by atoms with E-state index in [9.17, 15) is 5.11 Å². The van der Waals surface area contributed by atoms with E-state index in [0.29, 0.717) is 11.1 Å². The molecule has 0 aromatic carbocycles. The Morgan fingerprint density at radius 1 is 1.43 bits per heavy atom. The summed E-state index contributed by atoms with van der Waals surface area (Å²) in [5.41, 5.74) is 0.900. The van der Waals surface area contributed by atoms with Crippen LogP contribution in [0.1, 0.15) is 37.4 Å². The van der Waals surface area contributed by atoms with Crippen LogP contribution in [0.4, 0.5) is 0 Å². The van der Waals surface area contributed by atoms with Crippen LogP contribution in [0, 0.1) is 5.92 Å². The molecule has 76 valence electrons. The second-order valence-electron chi connectivity index (χ2n) is 3.90. The molecule has 0 amide bonds. The van der Waals surface area contributed by atoms with E-state index >= 15 is 0 Å². The SMILES string of the molecule is OC(c1ccnc(Cl)c1)C1CCCC1. The molecule has 0 radical (unpaired) electrons. The van der Waals surface area contributed by atoms with Crippen LogP contribution in [-0.2, 0) is 0 Å². The summed E-state index contributed by atoms with van der Waals surface area (Å²) < 4.78 is 0. The lowest BCUT2D eigenvalue weighted by atomic mass is 9.95. The first-order valence-electron chi connectivity index (χ1n) is 5.07. The second-order valence-corrected chi connectivity index (χ2v) is 4.29. The zero-order valence-electron chi connectivity index (χ0n) is 7.99. The van der Waals surface area contributed by atoms with Crippen LogP contribution >= 0.6 is 11.6 Å². The number of aliphatic hydroxyl groups is 1. The summed E-state index contributed by atoms with van der Waals surface area (Å²) in [4.78, 5) is 3.90. The lowest BCUT2D eigenvalue weighted by Gasteiger charge is -2.17. The third-order valence-electron chi connectivity index (χ3n) is 2.94. The predicted octanol–water partition coefficient (Wildman–Crippen LogP) is 2.96. The van der Waals surface area contributed by atoms with Crippen LogP contribution in [0.25, 0.3) is 0 Å². The van der Waals surface area contributed by atoms with Crippen molar-refractivity contribution in [1.82, 2.24) is 4.98 Å². The molecule has 0 aliphatic heterocycles. The van der Waals surface area contributed by atoms with E-state index in [2.05, 4.69) is 4.98 Å². The highest BCUT2D eigenvalue weighted by molar-refractivity contribution is 6.29. The van der Waals surface area contributed by atoms with Crippen LogP contribution in [0.15, 0.2) is 18.3 Å². The fourth-order valence-corrected chi connectivity index (χ4v) is 2.33. The zero-order chi connectivity index (χ0) is 9.97. The molecule has 0 spiro atoms. The molecule has 1 heterocycles. The average Bonchev–Trinajstić information content (AvgIpc) is 2.69. The molecule has 1 aliphatic rings. The molecular weight excluding hydrogens is 198 g/mol. The van der Waals surface area contributed by atoms with Crippen LogP contribution < -0.4 is 0 Å². The zero-order valence-corrected chi connectivity index (χ0v) is 8.74. The monoisotopic (exact) mass is 211 g/mol. The lowest BCUT2D eigenvalue weighted by molar-refractivity contribution is 0.111. The van der Waals surface area contributed by atoms with Gasteiger partial charge in [0.1, 0.15) is 5.15 Å². The molecular formula is C11H14ClNO. The third-order valence-corrected chi connectivity index (χ3v) is 3.15. The van der Waals surface area contributed by atoms with Crippen molar-refractivity contribution in [3.63, 3.8) is 0 Å². The quantitative estimate of drug-likeness (QED) is 0.763. The van der Waals surface area contributed by atoms with E-state index < -0.39 is 0 Å². The molecule has 2 nitrogen and oxygen atoms in total. The summed E-state index contributed by atoms with van der Waals surface area (Å²) >= 11 is 5.77. The summed E-state index contributed by atoms with van der Waals surface area (Å²) in [5, 5.41) is 10.5. The van der Waals surface area contributed by atoms with Crippen molar-refractivity contribution in [2.24, 2.45) is 5.92 Å². The summed E-state index contributed by atoms with van der Waals surface area (Å²) in [7, 11) is 0. The van der Waals surface area contributed by atoms with Gasteiger partial charge >= 0.3 is 0 Å². The van der Waals surface area contributed by atoms with Gasteiger partial charge in [0.05, 0.1) is 6.10 Å². The van der Waals surface area contributed by atoms with Crippen LogP contribution in [-0.4, -0.2) is 10.1 Å². The third kappa shape index (κ3) is 2.07. The second kappa shape index (κ2) is 4.28. The summed E-state index contributed by atoms with van der Waals surface area (Å²) in [6, 6.07) is 3.60. The molecule has 1 aromatic heterocycles. The fraction of sp³-hybridized carbons (Fsp3) is 0.545. The Hall–Kier alpha value is -0.600. The van der Waals surface area contributed by atoms with Gasteiger partial charge in [-0.25, -0.2) is 4.98 Å². The number of pyridine rings is 1. The normalized spacial score (nSPS) is 19.9. The summed E-state index contributed by atoms with van der Waals surface area (Å²) in [6.45, 7) is 0. The number of hydrogen-bond donors (Lipinski definition) is 1. The van der Waals surface area contributed by atoms with E-state index in [1.807, 2.05) is 6.07 Å². The van der Waals surface area contributed by atoms with E-state index in [4.69, 9.17) is 11.6 Å². The maximum Gasteiger partial charge on any atom is 0.129 e. The Kier molecular flexibility index (Phi) is 3.04. The Balaban J connectivity index is 2.13. The molecule has 2 rings (SSSR count). The number of hydrogen-bond acceptors (Lipinski definition) is 2. The van der Waals surface area contributed by atoms with Gasteiger partial charge in [-0.05, 0) is 36.5 Å². The van der Waals surface area contributed by atoms with E-state index in [1.165, 1.54) is 12.8 Å². The van der Waals surface area contributed by atoms with E-state index in [0.717, 1.165) is 18.4 Å². The minimum Gasteiger partial charge on any atom is -0.388 e. The van der Waals surface area contributed by atoms with Gasteiger partial charge in [0, 0.05) is 6.20 Å². The maximum absolute atomic E-state index is 10.1. The van der Waals surface area contributed by atoms with Crippen LogP contribution in [0.2, 0.25) is 5.15 Å². The highest BCUT2D eigenvalue weighted by atomic mass is 35.5. The molecule has 14 heavy (non-hydrogen) atoms. The summed E-state index contributed by atoms with van der Waals surface area (Å²) in [5.74, 6) is 0.411. The largest absolute Gasteiger partial charge is 0.388 e. The van der Waals surface area contributed by atoms with Crippen molar-refractivity contribution >= 4 is 11.6 Å². The Morgan fingerprint density at radius 3 is 2.79 bits per heavy atom. The first-order valence-corrected chi connectivity index (χ1v) is 5.44. The number of rotatable bonds is 2. The minimum atomic E-state index is -0.363. The van der Waals surface area contributed by atoms with Gasteiger partial charge in [0.2, 0.25) is 0 Å². The van der Waals surface area contributed by atoms with Crippen molar-refractivity contribution in [3.8, 4) is 0 Å². The standard InChI is InChI=1S/C11H14ClNO/c12-10-7-9(5-6-13-10)11(14)8-3-1-2-4-8/h5-8,11,14H,1-4H2. The van der Waals surface area contributed by atoms with Gasteiger partial charge in [0.25, 0.3) is 0 Å². The molecule has 1 fully saturated rings. The van der Waals surface area contributed by atoms with Gasteiger partial charge in [-0.3, -0.25) is 0 Å². The molecule has 0 saturated heterocycles. The Labute approximate surface area is 88.9 Å². The van der Waals surface area contributed by atoms with Gasteiger partial charge in [-0.15, -0.1) is 0 Å². The van der Waals surface area contributed by atoms with E-state index in [1.54, 1.807) is 12.3 Å². The van der Waals surface area contributed by atoms with Crippen molar-refractivity contribution in [2.45, 2.75) is 31.8 Å². The van der Waals surface area contributed by atoms with Crippen molar-refractivity contribution in [2.75, 3.05) is 0 Å². The Bertz CT molecular complexity index is 310. The molecule has 1 atom stereocenters. The number of aliphatic hydroxyl groups excluding tert-OH is 1. The summed E-state index contributed by atoms with van der Waals surface area (Å²) in [6.07, 6.45) is 6.01. The minimum absolute atomic E-state index is 0.363. The molecule has 1 aliphatic carbocycles. The van der Waals surface area contributed by atoms with E-state index in [-0.39, 0.29) is 6.10 Å². The van der Waals surface area contributed by atoms with Gasteiger partial charge in [0.15, 0.2) is 0 Å². The van der Waals surface area contributed by atoms with Gasteiger partial charge in [-0.1, -0.05) is 24.4 Å². The van der Waals surface area contributed by atoms with Crippen molar-refractivity contribution < 1.29 is 5.11 Å². The predicted molar refractivity (Wildman–Crippen MR) is 56.2 cm³/mol. The molecule has 1 N–H and O–H groups in total. The first kappa shape index (κ1) is 9.94. The molecule has 1 saturated carbocycles. The smallest absolute Gasteiger partial charge is 0.129 e. The molecule has 3 heteroatoms. The van der Waals surface area contributed by atoms with Crippen molar-refractivity contribution in [3.05, 3.63) is 29.0 Å². The first-order chi connectivity index (χ1) is 6.77. The fourth-order valence-electron chi connectivity index (χ4n) is 2.15. The van der Waals surface area contributed by atoms with Crippen LogP contribution in [0.5, 0.6) is 0 Å². The Morgan fingerprint density at radius 2 is 2.14 bits per heavy atom. The number of nitrogens with zero attached hydrogens (tertiary/aromatic N) is 1. The highest BCUT2D eigenvalue weighted by Crippen LogP contribution is 2.35. The van der Waals surface area contributed by atoms with Crippen molar-refractivity contribution in [1.29, 1.82) is 0 Å². The number of halogens is 1. The molecule has 0 bridgehead atoms. The topological polar surface area (TPSA) is 33.1 Å².